The molecular formula is C19H32N4O2. The van der Waals surface area contributed by atoms with Crippen LogP contribution in [-0.2, 0) is 11.3 Å². The standard InChI is InChI=1S/C19H32N4O2/c1-4-20-18(21-13-17-7-5-6-16(2)12-17)22-14-19(3,24)15-23-8-10-25-11-9-23/h5-7,12,24H,4,8-11,13-15H2,1-3H3,(H2,20,21,22). The molecule has 1 aromatic rings. The van der Waals surface area contributed by atoms with Crippen molar-refractivity contribution < 1.29 is 9.84 Å². The third-order valence-corrected chi connectivity index (χ3v) is 4.15. The van der Waals surface area contributed by atoms with Crippen molar-refractivity contribution in [2.24, 2.45) is 4.99 Å². The lowest BCUT2D eigenvalue weighted by molar-refractivity contribution is -0.0201. The van der Waals surface area contributed by atoms with Gasteiger partial charge < -0.3 is 20.5 Å². The molecule has 1 aromatic carbocycles. The highest BCUT2D eigenvalue weighted by atomic mass is 16.5. The largest absolute Gasteiger partial charge is 0.387 e. The average molecular weight is 348 g/mol. The van der Waals surface area contributed by atoms with Crippen LogP contribution in [0.1, 0.15) is 25.0 Å². The van der Waals surface area contributed by atoms with Crippen LogP contribution in [0.2, 0.25) is 0 Å². The van der Waals surface area contributed by atoms with Gasteiger partial charge in [0.15, 0.2) is 5.96 Å². The summed E-state index contributed by atoms with van der Waals surface area (Å²) >= 11 is 0. The Hall–Kier alpha value is -1.63. The molecule has 0 amide bonds. The minimum absolute atomic E-state index is 0.448. The van der Waals surface area contributed by atoms with Gasteiger partial charge in [0.1, 0.15) is 0 Å². The predicted molar refractivity (Wildman–Crippen MR) is 102 cm³/mol. The molecule has 0 aromatic heterocycles. The summed E-state index contributed by atoms with van der Waals surface area (Å²) in [5.41, 5.74) is 1.59. The van der Waals surface area contributed by atoms with E-state index in [1.54, 1.807) is 0 Å². The van der Waals surface area contributed by atoms with Crippen molar-refractivity contribution in [2.75, 3.05) is 45.9 Å². The maximum absolute atomic E-state index is 10.7. The summed E-state index contributed by atoms with van der Waals surface area (Å²) in [6, 6.07) is 8.35. The number of hydrogen-bond acceptors (Lipinski definition) is 4. The quantitative estimate of drug-likeness (QED) is 0.509. The first-order valence-electron chi connectivity index (χ1n) is 9.09. The van der Waals surface area contributed by atoms with Crippen LogP contribution < -0.4 is 10.6 Å². The van der Waals surface area contributed by atoms with E-state index in [9.17, 15) is 5.11 Å². The molecular weight excluding hydrogens is 316 g/mol. The Morgan fingerprint density at radius 3 is 2.76 bits per heavy atom. The number of morpholine rings is 1. The van der Waals surface area contributed by atoms with Crippen molar-refractivity contribution in [3.8, 4) is 0 Å². The summed E-state index contributed by atoms with van der Waals surface area (Å²) in [6.07, 6.45) is 0. The summed E-state index contributed by atoms with van der Waals surface area (Å²) in [5, 5.41) is 17.2. The molecule has 0 radical (unpaired) electrons. The predicted octanol–water partition coefficient (Wildman–Crippen LogP) is 1.13. The molecule has 6 heteroatoms. The number of nitrogens with zero attached hydrogens (tertiary/aromatic N) is 2. The summed E-state index contributed by atoms with van der Waals surface area (Å²) in [5.74, 6) is 0.728. The van der Waals surface area contributed by atoms with Crippen molar-refractivity contribution >= 4 is 5.96 Å². The number of aliphatic imine (C=N–C) groups is 1. The molecule has 0 saturated carbocycles. The van der Waals surface area contributed by atoms with E-state index in [2.05, 4.69) is 45.6 Å². The molecule has 2 rings (SSSR count). The molecule has 0 spiro atoms. The molecule has 1 atom stereocenters. The van der Waals surface area contributed by atoms with Gasteiger partial charge in [-0.3, -0.25) is 4.90 Å². The van der Waals surface area contributed by atoms with E-state index in [0.29, 0.717) is 19.6 Å². The number of hydrogen-bond donors (Lipinski definition) is 3. The van der Waals surface area contributed by atoms with E-state index in [4.69, 9.17) is 4.74 Å². The van der Waals surface area contributed by atoms with Gasteiger partial charge in [0, 0.05) is 32.7 Å². The Kier molecular flexibility index (Phi) is 7.68. The Bertz CT molecular complexity index is 554. The summed E-state index contributed by atoms with van der Waals surface area (Å²) in [6.45, 7) is 11.7. The lowest BCUT2D eigenvalue weighted by atomic mass is 10.1. The van der Waals surface area contributed by atoms with Gasteiger partial charge in [-0.1, -0.05) is 29.8 Å². The van der Waals surface area contributed by atoms with Gasteiger partial charge in [0.05, 0.1) is 25.4 Å². The third-order valence-electron chi connectivity index (χ3n) is 4.15. The number of benzene rings is 1. The topological polar surface area (TPSA) is 69.1 Å². The van der Waals surface area contributed by atoms with E-state index < -0.39 is 5.60 Å². The van der Waals surface area contributed by atoms with E-state index in [0.717, 1.165) is 38.8 Å². The second kappa shape index (κ2) is 9.75. The molecule has 0 bridgehead atoms. The van der Waals surface area contributed by atoms with Crippen LogP contribution in [0.15, 0.2) is 29.3 Å². The Labute approximate surface area is 151 Å². The fraction of sp³-hybridized carbons (Fsp3) is 0.632. The fourth-order valence-corrected chi connectivity index (χ4v) is 2.89. The minimum atomic E-state index is -0.823. The van der Waals surface area contributed by atoms with Crippen molar-refractivity contribution in [3.05, 3.63) is 35.4 Å². The molecule has 1 saturated heterocycles. The van der Waals surface area contributed by atoms with Crippen LogP contribution in [0.3, 0.4) is 0 Å². The monoisotopic (exact) mass is 348 g/mol. The maximum Gasteiger partial charge on any atom is 0.191 e. The fourth-order valence-electron chi connectivity index (χ4n) is 2.89. The summed E-state index contributed by atoms with van der Waals surface area (Å²) in [4.78, 5) is 6.86. The van der Waals surface area contributed by atoms with E-state index in [1.807, 2.05) is 19.9 Å². The van der Waals surface area contributed by atoms with Crippen LogP contribution >= 0.6 is 0 Å². The number of nitrogens with one attached hydrogen (secondary N) is 2. The van der Waals surface area contributed by atoms with Crippen LogP contribution in [0.25, 0.3) is 0 Å². The Morgan fingerprint density at radius 2 is 2.08 bits per heavy atom. The molecule has 1 heterocycles. The lowest BCUT2D eigenvalue weighted by Gasteiger charge is -2.34. The highest BCUT2D eigenvalue weighted by Gasteiger charge is 2.25. The molecule has 140 valence electrons. The minimum Gasteiger partial charge on any atom is -0.387 e. The van der Waals surface area contributed by atoms with Crippen molar-refractivity contribution in [1.82, 2.24) is 15.5 Å². The number of aliphatic hydroxyl groups is 1. The van der Waals surface area contributed by atoms with Crippen LogP contribution in [0.5, 0.6) is 0 Å². The van der Waals surface area contributed by atoms with Gasteiger partial charge in [0.25, 0.3) is 0 Å². The van der Waals surface area contributed by atoms with Crippen molar-refractivity contribution in [3.63, 3.8) is 0 Å². The van der Waals surface area contributed by atoms with Gasteiger partial charge >= 0.3 is 0 Å². The molecule has 6 nitrogen and oxygen atoms in total. The molecule has 1 aliphatic heterocycles. The van der Waals surface area contributed by atoms with Gasteiger partial charge in [0.2, 0.25) is 0 Å². The Balaban J connectivity index is 1.87. The van der Waals surface area contributed by atoms with Crippen LogP contribution in [0, 0.1) is 6.92 Å². The smallest absolute Gasteiger partial charge is 0.191 e. The van der Waals surface area contributed by atoms with Crippen molar-refractivity contribution in [1.29, 1.82) is 0 Å². The first-order valence-corrected chi connectivity index (χ1v) is 9.09. The Morgan fingerprint density at radius 1 is 1.32 bits per heavy atom. The third kappa shape index (κ3) is 7.42. The van der Waals surface area contributed by atoms with Gasteiger partial charge in [-0.15, -0.1) is 0 Å². The number of guanidine groups is 1. The molecule has 1 unspecified atom stereocenters. The van der Waals surface area contributed by atoms with Gasteiger partial charge in [-0.05, 0) is 26.3 Å². The van der Waals surface area contributed by atoms with Crippen LogP contribution in [-0.4, -0.2) is 67.5 Å². The van der Waals surface area contributed by atoms with E-state index in [1.165, 1.54) is 11.1 Å². The van der Waals surface area contributed by atoms with E-state index >= 15 is 0 Å². The molecule has 1 aliphatic rings. The highest BCUT2D eigenvalue weighted by molar-refractivity contribution is 5.79. The normalized spacial score (nSPS) is 18.6. The first-order chi connectivity index (χ1) is 12.0. The average Bonchev–Trinajstić information content (AvgIpc) is 2.58. The first kappa shape index (κ1) is 19.7. The maximum atomic E-state index is 10.7. The van der Waals surface area contributed by atoms with Crippen molar-refractivity contribution in [2.45, 2.75) is 32.9 Å². The summed E-state index contributed by atoms with van der Waals surface area (Å²) < 4.78 is 5.36. The number of rotatable bonds is 7. The zero-order valence-corrected chi connectivity index (χ0v) is 15.7. The van der Waals surface area contributed by atoms with Gasteiger partial charge in [-0.2, -0.15) is 0 Å². The molecule has 0 aliphatic carbocycles. The molecule has 25 heavy (non-hydrogen) atoms. The van der Waals surface area contributed by atoms with Gasteiger partial charge in [-0.25, -0.2) is 4.99 Å². The molecule has 3 N–H and O–H groups in total. The number of ether oxygens (including phenoxy) is 1. The number of β-amino-alcohol motifs (C(OH)–C–C–N with tert-alkyl or cyclic N) is 1. The number of aryl methyl sites for hydroxylation is 1. The van der Waals surface area contributed by atoms with Crippen LogP contribution in [0.4, 0.5) is 0 Å². The summed E-state index contributed by atoms with van der Waals surface area (Å²) in [7, 11) is 0. The SMILES string of the molecule is CCNC(=NCc1cccc(C)c1)NCC(C)(O)CN1CCOCC1. The van der Waals surface area contributed by atoms with E-state index in [-0.39, 0.29) is 0 Å². The lowest BCUT2D eigenvalue weighted by Crippen LogP contribution is -2.52. The zero-order valence-electron chi connectivity index (χ0n) is 15.7. The second-order valence-corrected chi connectivity index (χ2v) is 6.92. The zero-order chi connectivity index (χ0) is 18.1. The second-order valence-electron chi connectivity index (χ2n) is 6.92. The molecule has 1 fully saturated rings. The highest BCUT2D eigenvalue weighted by Crippen LogP contribution is 2.08.